The molecule has 3 aliphatic heterocycles. The second-order valence-electron chi connectivity index (χ2n) is 11.0. The average molecular weight is 384 g/mol. The number of ether oxygens (including phenoxy) is 2. The van der Waals surface area contributed by atoms with E-state index in [1.807, 2.05) is 25.7 Å². The Morgan fingerprint density at radius 1 is 0.962 bits per heavy atom. The Labute approximate surface area is 159 Å². The first kappa shape index (κ1) is 20.1. The number of rotatable bonds is 2. The molecule has 0 N–H and O–H groups in total. The quantitative estimate of drug-likeness (QED) is 0.523. The topological polar surface area (TPSA) is 51.3 Å². The first-order chi connectivity index (χ1) is 11.7. The molecule has 3 rings (SSSR count). The van der Waals surface area contributed by atoms with Gasteiger partial charge in [-0.1, -0.05) is 34.6 Å². The molecule has 3 saturated heterocycles. The van der Waals surface area contributed by atoms with E-state index in [1.165, 1.54) is 0 Å². The van der Waals surface area contributed by atoms with Gasteiger partial charge in [0.15, 0.2) is 8.32 Å². The zero-order valence-electron chi connectivity index (χ0n) is 18.1. The van der Waals surface area contributed by atoms with Gasteiger partial charge in [-0.2, -0.15) is 0 Å². The van der Waals surface area contributed by atoms with Crippen molar-refractivity contribution in [3.8, 4) is 0 Å². The van der Waals surface area contributed by atoms with Crippen LogP contribution >= 0.6 is 0 Å². The SMILES string of the molecule is C[C@@H]1C(O[Si](C)(C)C(C)(C)C)[C@H](C)[C@@H]2[C@H]3O[C@H]3[C@H]1N2C(=O)OC(C)(C)C. The average Bonchev–Trinajstić information content (AvgIpc) is 3.14. The zero-order valence-corrected chi connectivity index (χ0v) is 19.1. The minimum Gasteiger partial charge on any atom is -0.444 e. The molecule has 0 radical (unpaired) electrons. The van der Waals surface area contributed by atoms with Crippen molar-refractivity contribution in [1.82, 2.24) is 4.90 Å². The molecule has 150 valence electrons. The Bertz CT molecular complexity index is 557. The molecule has 0 saturated carbocycles. The molecule has 1 amide bonds. The summed E-state index contributed by atoms with van der Waals surface area (Å²) < 4.78 is 18.5. The Hall–Kier alpha value is -0.593. The van der Waals surface area contributed by atoms with Gasteiger partial charge in [0, 0.05) is 11.8 Å². The number of carbonyl (C=O) groups excluding carboxylic acids is 1. The Morgan fingerprint density at radius 3 is 1.81 bits per heavy atom. The maximum absolute atomic E-state index is 12.9. The van der Waals surface area contributed by atoms with Gasteiger partial charge >= 0.3 is 6.09 Å². The maximum Gasteiger partial charge on any atom is 0.410 e. The summed E-state index contributed by atoms with van der Waals surface area (Å²) in [5.41, 5.74) is -0.484. The molecule has 26 heavy (non-hydrogen) atoms. The van der Waals surface area contributed by atoms with Crippen molar-refractivity contribution in [2.75, 3.05) is 0 Å². The number of nitrogens with zero attached hydrogens (tertiary/aromatic N) is 1. The van der Waals surface area contributed by atoms with Crippen LogP contribution < -0.4 is 0 Å². The molecule has 6 heteroatoms. The second kappa shape index (κ2) is 5.95. The zero-order chi connectivity index (χ0) is 19.8. The summed E-state index contributed by atoms with van der Waals surface area (Å²) >= 11 is 0. The number of epoxide rings is 1. The molecule has 0 aromatic heterocycles. The van der Waals surface area contributed by atoms with Crippen LogP contribution in [0, 0.1) is 11.8 Å². The molecule has 0 aliphatic carbocycles. The van der Waals surface area contributed by atoms with Crippen LogP contribution in [0.15, 0.2) is 0 Å². The minimum atomic E-state index is -1.88. The number of piperidine rings is 1. The van der Waals surface area contributed by atoms with Crippen LogP contribution in [0.2, 0.25) is 18.1 Å². The van der Waals surface area contributed by atoms with Crippen LogP contribution in [0.25, 0.3) is 0 Å². The van der Waals surface area contributed by atoms with Crippen molar-refractivity contribution in [2.45, 2.75) is 110 Å². The molecular weight excluding hydrogens is 346 g/mol. The standard InChI is InChI=1S/C20H37NO4Si/c1-11-13-16-17(23-16)14(21(13)18(22)24-19(3,4)5)12(2)15(11)25-26(9,10)20(6,7)8/h11-17H,1-10H3/t11-,12+,13-,14+,15?,16-,17+. The fourth-order valence-electron chi connectivity index (χ4n) is 4.46. The van der Waals surface area contributed by atoms with Gasteiger partial charge in [0.2, 0.25) is 0 Å². The third-order valence-electron chi connectivity index (χ3n) is 6.83. The number of morpholine rings is 1. The lowest BCUT2D eigenvalue weighted by molar-refractivity contribution is -0.0851. The number of hydrogen-bond donors (Lipinski definition) is 0. The Balaban J connectivity index is 1.84. The third kappa shape index (κ3) is 3.22. The van der Waals surface area contributed by atoms with Crippen LogP contribution in [0.3, 0.4) is 0 Å². The van der Waals surface area contributed by atoms with Gasteiger partial charge in [0.05, 0.1) is 18.2 Å². The molecule has 3 aliphatic rings. The fourth-order valence-corrected chi connectivity index (χ4v) is 5.93. The highest BCUT2D eigenvalue weighted by Crippen LogP contribution is 2.54. The first-order valence-electron chi connectivity index (χ1n) is 10.0. The first-order valence-corrected chi connectivity index (χ1v) is 12.9. The lowest BCUT2D eigenvalue weighted by Crippen LogP contribution is -2.63. The summed E-state index contributed by atoms with van der Waals surface area (Å²) in [6, 6.07) is 0.122. The minimum absolute atomic E-state index is 0.0609. The summed E-state index contributed by atoms with van der Waals surface area (Å²) in [6.45, 7) is 21.7. The largest absolute Gasteiger partial charge is 0.444 e. The van der Waals surface area contributed by atoms with Crippen LogP contribution in [0.4, 0.5) is 4.79 Å². The van der Waals surface area contributed by atoms with Crippen LogP contribution in [0.5, 0.6) is 0 Å². The predicted molar refractivity (Wildman–Crippen MR) is 105 cm³/mol. The van der Waals surface area contributed by atoms with Crippen LogP contribution in [-0.2, 0) is 13.9 Å². The van der Waals surface area contributed by atoms with Crippen molar-refractivity contribution in [1.29, 1.82) is 0 Å². The van der Waals surface area contributed by atoms with Gasteiger partial charge in [-0.05, 0) is 38.9 Å². The molecule has 0 aromatic carbocycles. The van der Waals surface area contributed by atoms with Gasteiger partial charge in [0.25, 0.3) is 0 Å². The predicted octanol–water partition coefficient (Wildman–Crippen LogP) is 4.42. The number of amides is 1. The molecule has 5 nitrogen and oxygen atoms in total. The van der Waals surface area contributed by atoms with Gasteiger partial charge in [-0.3, -0.25) is 4.90 Å². The molecule has 3 heterocycles. The highest BCUT2D eigenvalue weighted by Gasteiger charge is 2.70. The summed E-state index contributed by atoms with van der Waals surface area (Å²) in [5.74, 6) is 0.473. The summed E-state index contributed by atoms with van der Waals surface area (Å²) in [6.07, 6.45) is 0.268. The van der Waals surface area contributed by atoms with E-state index in [0.29, 0.717) is 0 Å². The molecular formula is C20H37NO4Si. The van der Waals surface area contributed by atoms with Crippen molar-refractivity contribution < 1.29 is 18.7 Å². The van der Waals surface area contributed by atoms with E-state index in [2.05, 4.69) is 47.7 Å². The molecule has 2 bridgehead atoms. The number of carbonyl (C=O) groups is 1. The second-order valence-corrected chi connectivity index (χ2v) is 15.8. The van der Waals surface area contributed by atoms with E-state index in [1.54, 1.807) is 0 Å². The van der Waals surface area contributed by atoms with Crippen molar-refractivity contribution in [3.05, 3.63) is 0 Å². The molecule has 1 unspecified atom stereocenters. The highest BCUT2D eigenvalue weighted by molar-refractivity contribution is 6.74. The summed E-state index contributed by atoms with van der Waals surface area (Å²) in [5, 5.41) is 0.174. The smallest absolute Gasteiger partial charge is 0.410 e. The Kier molecular flexibility index (Phi) is 4.61. The van der Waals surface area contributed by atoms with E-state index >= 15 is 0 Å². The third-order valence-corrected chi connectivity index (χ3v) is 11.3. The molecule has 3 fully saturated rings. The van der Waals surface area contributed by atoms with Crippen LogP contribution in [0.1, 0.15) is 55.4 Å². The van der Waals surface area contributed by atoms with Gasteiger partial charge in [-0.15, -0.1) is 0 Å². The van der Waals surface area contributed by atoms with Gasteiger partial charge < -0.3 is 13.9 Å². The summed E-state index contributed by atoms with van der Waals surface area (Å²) in [7, 11) is -1.88. The van der Waals surface area contributed by atoms with E-state index < -0.39 is 13.9 Å². The number of fused-ring (bicyclic) bond motifs is 5. The van der Waals surface area contributed by atoms with Gasteiger partial charge in [0.1, 0.15) is 17.8 Å². The van der Waals surface area contributed by atoms with Gasteiger partial charge in [-0.25, -0.2) is 4.79 Å². The number of hydrogen-bond acceptors (Lipinski definition) is 4. The maximum atomic E-state index is 12.9. The molecule has 0 aromatic rings. The van der Waals surface area contributed by atoms with E-state index in [4.69, 9.17) is 13.9 Å². The molecule has 0 spiro atoms. The van der Waals surface area contributed by atoms with Crippen molar-refractivity contribution in [3.63, 3.8) is 0 Å². The fraction of sp³-hybridized carbons (Fsp3) is 0.950. The van der Waals surface area contributed by atoms with Crippen LogP contribution in [-0.4, -0.2) is 55.3 Å². The lowest BCUT2D eigenvalue weighted by Gasteiger charge is -2.51. The van der Waals surface area contributed by atoms with E-state index in [9.17, 15) is 4.79 Å². The monoisotopic (exact) mass is 383 g/mol. The normalized spacial score (nSPS) is 39.6. The molecule has 7 atom stereocenters. The van der Waals surface area contributed by atoms with E-state index in [-0.39, 0.29) is 53.4 Å². The van der Waals surface area contributed by atoms with Crippen molar-refractivity contribution in [2.24, 2.45) is 11.8 Å². The Morgan fingerprint density at radius 2 is 1.42 bits per heavy atom. The summed E-state index contributed by atoms with van der Waals surface area (Å²) in [4.78, 5) is 14.9. The lowest BCUT2D eigenvalue weighted by atomic mass is 9.81. The van der Waals surface area contributed by atoms with E-state index in [0.717, 1.165) is 0 Å². The van der Waals surface area contributed by atoms with Crippen molar-refractivity contribution >= 4 is 14.4 Å². The highest BCUT2D eigenvalue weighted by atomic mass is 28.4.